The molecule has 4 aliphatic carbocycles. The van der Waals surface area contributed by atoms with Crippen molar-refractivity contribution in [3.63, 3.8) is 0 Å². The molecule has 0 aliphatic heterocycles. The van der Waals surface area contributed by atoms with Crippen molar-refractivity contribution >= 4 is 130 Å². The lowest BCUT2D eigenvalue weighted by Crippen LogP contribution is -2.19. The highest BCUT2D eigenvalue weighted by Crippen LogP contribution is 2.45. The molecule has 0 saturated heterocycles. The zero-order chi connectivity index (χ0) is 86.8. The van der Waals surface area contributed by atoms with E-state index in [1.54, 1.807) is 133 Å². The van der Waals surface area contributed by atoms with Crippen LogP contribution in [0.3, 0.4) is 0 Å². The summed E-state index contributed by atoms with van der Waals surface area (Å²) in [6.07, 6.45) is 15.2. The van der Waals surface area contributed by atoms with Gasteiger partial charge in [-0.1, -0.05) is 53.6 Å². The minimum Gasteiger partial charge on any atom is -0.497 e. The number of hydrogen-bond acceptors (Lipinski definition) is 20. The number of methoxy groups -OCH3 is 8. The summed E-state index contributed by atoms with van der Waals surface area (Å²) in [5, 5.41) is 22.5. The summed E-state index contributed by atoms with van der Waals surface area (Å²) < 4.78 is 56.8. The lowest BCUT2D eigenvalue weighted by molar-refractivity contribution is 0.0992. The van der Waals surface area contributed by atoms with E-state index >= 15 is 0 Å². The number of benzene rings is 7. The van der Waals surface area contributed by atoms with E-state index in [0.717, 1.165) is 151 Å². The molecule has 0 fully saturated rings. The highest BCUT2D eigenvalue weighted by atomic mass is 32.1. The minimum atomic E-state index is -0.613. The number of nitrogens with one attached hydrogen (secondary N) is 7. The highest BCUT2D eigenvalue weighted by molar-refractivity contribution is 7.18. The maximum atomic E-state index is 14.1. The molecule has 9 N–H and O–H groups in total. The number of carbonyl (C=O) groups is 8. The third-order valence-corrected chi connectivity index (χ3v) is 26.0. The van der Waals surface area contributed by atoms with Gasteiger partial charge >= 0.3 is 0 Å². The van der Waals surface area contributed by atoms with Gasteiger partial charge in [0, 0.05) is 48.8 Å². The number of hydrogen-bond donors (Lipinski definition) is 8. The van der Waals surface area contributed by atoms with Gasteiger partial charge in [0.1, 0.15) is 60.3 Å². The number of fused-ring (bicyclic) bond motifs is 4. The smallest absolute Gasteiger partial charge is 0.260 e. The van der Waals surface area contributed by atoms with Gasteiger partial charge in [-0.15, -0.1) is 45.3 Å². The van der Waals surface area contributed by atoms with Crippen molar-refractivity contribution in [3.05, 3.63) is 248 Å². The topological polar surface area (TPSA) is 321 Å². The van der Waals surface area contributed by atoms with E-state index in [2.05, 4.69) is 37.2 Å². The van der Waals surface area contributed by atoms with E-state index in [1.807, 2.05) is 45.0 Å². The number of aryl methyl sites for hydroxylation is 7. The average Bonchev–Trinajstić information content (AvgIpc) is 1.64. The molecule has 0 bridgehead atoms. The molecule has 0 atom stereocenters. The molecule has 4 aromatic heterocycles. The van der Waals surface area contributed by atoms with Crippen molar-refractivity contribution in [2.75, 3.05) is 94.1 Å². The van der Waals surface area contributed by atoms with Gasteiger partial charge in [0.15, 0.2) is 11.5 Å². The number of primary amides is 1. The van der Waals surface area contributed by atoms with Gasteiger partial charge in [-0.25, -0.2) is 4.39 Å². The summed E-state index contributed by atoms with van der Waals surface area (Å²) in [6, 6.07) is 39.6. The van der Waals surface area contributed by atoms with E-state index in [1.165, 1.54) is 94.6 Å². The number of amides is 8. The van der Waals surface area contributed by atoms with E-state index in [9.17, 15) is 42.7 Å². The Hall–Kier alpha value is -12.6. The van der Waals surface area contributed by atoms with Crippen molar-refractivity contribution in [2.45, 2.75) is 124 Å². The molecule has 0 radical (unpaired) electrons. The monoisotopic (exact) mass is 1730 g/mol. The largest absolute Gasteiger partial charge is 0.497 e. The quantitative estimate of drug-likeness (QED) is 0.0295. The molecule has 7 aromatic carbocycles. The van der Waals surface area contributed by atoms with Crippen LogP contribution in [0.25, 0.3) is 0 Å². The normalized spacial score (nSPS) is 12.7. The van der Waals surface area contributed by atoms with E-state index < -0.39 is 17.6 Å². The van der Waals surface area contributed by atoms with Crippen LogP contribution in [-0.4, -0.2) is 104 Å². The van der Waals surface area contributed by atoms with Crippen molar-refractivity contribution in [1.29, 1.82) is 0 Å². The molecule has 122 heavy (non-hydrogen) atoms. The highest BCUT2D eigenvalue weighted by Gasteiger charge is 2.33. The number of thiophene rings is 4. The van der Waals surface area contributed by atoms with Gasteiger partial charge in [-0.05, 0) is 230 Å². The molecule has 24 nitrogen and oxygen atoms in total. The first-order valence-electron chi connectivity index (χ1n) is 39.8. The van der Waals surface area contributed by atoms with Crippen molar-refractivity contribution < 1.29 is 80.6 Å². The van der Waals surface area contributed by atoms with Crippen LogP contribution in [0, 0.1) is 26.6 Å². The Balaban J connectivity index is 0.000000149. The summed E-state index contributed by atoms with van der Waals surface area (Å²) >= 11 is 5.81. The first kappa shape index (κ1) is 88.7. The van der Waals surface area contributed by atoms with Crippen molar-refractivity contribution in [3.8, 4) is 46.0 Å². The fraction of sp³-hybridized carbons (Fsp3) is 0.290. The summed E-state index contributed by atoms with van der Waals surface area (Å²) in [5.74, 6) is 0.830. The first-order valence-corrected chi connectivity index (χ1v) is 43.1. The second-order valence-corrected chi connectivity index (χ2v) is 33.5. The molecule has 0 unspecified atom stereocenters. The number of rotatable bonds is 23. The van der Waals surface area contributed by atoms with Gasteiger partial charge in [0.05, 0.1) is 107 Å². The van der Waals surface area contributed by atoms with Gasteiger partial charge in [-0.2, -0.15) is 0 Å². The molecule has 4 aliphatic rings. The molecule has 15 rings (SSSR count). The van der Waals surface area contributed by atoms with Crippen LogP contribution in [-0.2, 0) is 51.4 Å². The fourth-order valence-electron chi connectivity index (χ4n) is 14.9. The van der Waals surface area contributed by atoms with Crippen LogP contribution in [0.5, 0.6) is 46.0 Å². The Kier molecular flexibility index (Phi) is 29.9. The second-order valence-electron chi connectivity index (χ2n) is 29.1. The van der Waals surface area contributed by atoms with Crippen molar-refractivity contribution in [2.24, 2.45) is 5.73 Å². The van der Waals surface area contributed by atoms with Crippen LogP contribution in [0.2, 0.25) is 0 Å². The van der Waals surface area contributed by atoms with Gasteiger partial charge in [0.2, 0.25) is 0 Å². The summed E-state index contributed by atoms with van der Waals surface area (Å²) in [5.41, 5.74) is 17.5. The van der Waals surface area contributed by atoms with E-state index in [4.69, 9.17) is 43.6 Å². The number of nitrogens with two attached hydrogens (primary N) is 1. The zero-order valence-corrected chi connectivity index (χ0v) is 73.0. The predicted octanol–water partition coefficient (Wildman–Crippen LogP) is 19.5. The SMILES string of the molecule is COc1c(C)ccc(C(=O)Nc2sc3c(c2C(N)=O)CCCC3)c1OC.COc1ccc(NC(=O)c2c(NC(=O)c3ccc(C)cc3)sc3c2CCCC3)c(OC)c1.COc1ccc(OC)c(NC(=O)c2c(NC(=O)c3ccc(C)cc3)sc3c2CCCC3)c1.COc1ccc(OC)c(NC(=O)c2c(NC(=O)c3ccccc3F)sc3c2CCCC3)c1. The lowest BCUT2D eigenvalue weighted by atomic mass is 9.95. The number of halogens is 1. The minimum absolute atomic E-state index is 0.0697. The molecule has 0 spiro atoms. The molecule has 4 heterocycles. The molecule has 8 amide bonds. The van der Waals surface area contributed by atoms with Crippen LogP contribution >= 0.6 is 45.3 Å². The third-order valence-electron chi connectivity index (χ3n) is 21.2. The molecule has 29 heteroatoms. The molecular weight excluding hydrogens is 1630 g/mol. The maximum absolute atomic E-state index is 14.1. The zero-order valence-electron chi connectivity index (χ0n) is 69.7. The third kappa shape index (κ3) is 20.7. The van der Waals surface area contributed by atoms with Crippen LogP contribution in [0.4, 0.5) is 41.5 Å². The van der Waals surface area contributed by atoms with E-state index in [0.29, 0.717) is 122 Å². The fourth-order valence-corrected chi connectivity index (χ4v) is 20.1. The Morgan fingerprint density at radius 2 is 0.672 bits per heavy atom. The molecule has 636 valence electrons. The van der Waals surface area contributed by atoms with Crippen molar-refractivity contribution in [1.82, 2.24) is 0 Å². The second kappa shape index (κ2) is 41.1. The molecule has 0 saturated carbocycles. The number of ether oxygens (including phenoxy) is 8. The number of carbonyl (C=O) groups excluding carboxylic acids is 8. The van der Waals surface area contributed by atoms with E-state index in [-0.39, 0.29) is 41.0 Å². The summed E-state index contributed by atoms with van der Waals surface area (Å²) in [4.78, 5) is 108. The Labute approximate surface area is 723 Å². The van der Waals surface area contributed by atoms with Gasteiger partial charge in [0.25, 0.3) is 47.3 Å². The molecular formula is C93H97FN8O16S4. The summed E-state index contributed by atoms with van der Waals surface area (Å²) in [6.45, 7) is 5.83. The lowest BCUT2D eigenvalue weighted by Gasteiger charge is -2.15. The Morgan fingerprint density at radius 1 is 0.320 bits per heavy atom. The number of anilines is 7. The predicted molar refractivity (Wildman–Crippen MR) is 480 cm³/mol. The molecule has 11 aromatic rings. The van der Waals surface area contributed by atoms with Gasteiger partial charge < -0.3 is 80.8 Å². The van der Waals surface area contributed by atoms with Crippen LogP contribution < -0.4 is 80.8 Å². The Morgan fingerprint density at radius 3 is 1.06 bits per heavy atom. The maximum Gasteiger partial charge on any atom is 0.260 e. The first-order chi connectivity index (χ1) is 59.0. The summed E-state index contributed by atoms with van der Waals surface area (Å²) in [7, 11) is 12.3. The standard InChI is InChI=1S/2C25H26N2O4S.C24H23FN2O4S.C19H22N2O4S/c1-15-8-10-16(11-9-15)23(28)27-25-22(18-6-4-5-7-21(18)32-25)24(29)26-19-14-17(30-2)12-13-20(19)31-3;1-15-8-10-16(11-9-15)23(28)27-25-22(18-6-4-5-7-21(18)32-25)24(29)26-19-13-12-17(30-2)14-20(19)31-3;1-30-14-11-12-19(31-2)18(13-14)26-23(29)21-16-8-4-6-10-20(16)32-24(21)27-22(28)15-7-3-5-9-17(15)25;1-10-8-9-12(16(25-3)15(10)24-2)18(23)21-19-14(17(20)22)11-6-4-5-7-13(11)26-19/h2*8-14H,4-7H2,1-3H3,(H,26,29)(H,27,28);3,5,7,9,11-13H,4,6,8,10H2,1-2H3,(H,26,29)(H,27,28);8-9H,4-7H2,1-3H3,(H2,20,22)(H,21,23). The van der Waals surface area contributed by atoms with Crippen LogP contribution in [0.1, 0.15) is 193 Å². The van der Waals surface area contributed by atoms with Crippen LogP contribution in [0.15, 0.2) is 140 Å². The Bertz CT molecular complexity index is 5730. The average molecular weight is 1730 g/mol. The van der Waals surface area contributed by atoms with Gasteiger partial charge in [-0.3, -0.25) is 38.4 Å².